The summed E-state index contributed by atoms with van der Waals surface area (Å²) < 4.78 is 40.9. The van der Waals surface area contributed by atoms with E-state index in [1.54, 1.807) is 0 Å². The molecule has 0 saturated heterocycles. The van der Waals surface area contributed by atoms with E-state index in [4.69, 9.17) is 4.74 Å². The van der Waals surface area contributed by atoms with Crippen molar-refractivity contribution in [1.82, 2.24) is 5.32 Å². The van der Waals surface area contributed by atoms with Gasteiger partial charge in [0, 0.05) is 13.2 Å². The smallest absolute Gasteiger partial charge is 0.389 e. The number of aliphatic hydroxyl groups is 1. The maximum atomic E-state index is 11.9. The number of halogens is 3. The van der Waals surface area contributed by atoms with Crippen LogP contribution in [0.3, 0.4) is 0 Å². The first-order valence-electron chi connectivity index (χ1n) is 6.92. The summed E-state index contributed by atoms with van der Waals surface area (Å²) in [7, 11) is 0. The average Bonchev–Trinajstić information content (AvgIpc) is 2.31. The van der Waals surface area contributed by atoms with Gasteiger partial charge in [0.05, 0.1) is 19.3 Å². The Hall–Kier alpha value is -0.330. The second-order valence-electron chi connectivity index (χ2n) is 4.85. The van der Waals surface area contributed by atoms with Crippen molar-refractivity contribution in [2.75, 3.05) is 26.3 Å². The van der Waals surface area contributed by atoms with Crippen molar-refractivity contribution in [2.24, 2.45) is 5.92 Å². The van der Waals surface area contributed by atoms with Gasteiger partial charge in [0.25, 0.3) is 0 Å². The zero-order chi connectivity index (χ0) is 14.7. The monoisotopic (exact) mass is 285 g/mol. The highest BCUT2D eigenvalue weighted by atomic mass is 19.4. The van der Waals surface area contributed by atoms with Crippen LogP contribution < -0.4 is 5.32 Å². The second kappa shape index (κ2) is 10.5. The highest BCUT2D eigenvalue weighted by Gasteiger charge is 2.26. The summed E-state index contributed by atoms with van der Waals surface area (Å²) in [6.45, 7) is 3.67. The zero-order valence-corrected chi connectivity index (χ0v) is 11.8. The molecule has 0 rings (SSSR count). The van der Waals surface area contributed by atoms with E-state index in [0.29, 0.717) is 12.5 Å². The number of aliphatic hydroxyl groups excluding tert-OH is 1. The van der Waals surface area contributed by atoms with Gasteiger partial charge >= 0.3 is 6.18 Å². The number of alkyl halides is 3. The fourth-order valence-corrected chi connectivity index (χ4v) is 1.71. The number of unbranched alkanes of at least 4 members (excludes halogenated alkanes) is 1. The van der Waals surface area contributed by atoms with Gasteiger partial charge in [-0.3, -0.25) is 0 Å². The van der Waals surface area contributed by atoms with Crippen LogP contribution in [-0.4, -0.2) is 43.7 Å². The Morgan fingerprint density at radius 2 is 1.89 bits per heavy atom. The van der Waals surface area contributed by atoms with Crippen LogP contribution in [0.2, 0.25) is 0 Å². The molecule has 0 aliphatic heterocycles. The Balaban J connectivity index is 3.58. The normalized spacial score (nSPS) is 15.5. The summed E-state index contributed by atoms with van der Waals surface area (Å²) in [5, 5.41) is 11.6. The molecule has 0 aromatic carbocycles. The van der Waals surface area contributed by atoms with Crippen LogP contribution in [0.4, 0.5) is 13.2 Å². The molecule has 0 bridgehead atoms. The third-order valence-electron chi connectivity index (χ3n) is 2.91. The van der Waals surface area contributed by atoms with Crippen molar-refractivity contribution in [3.63, 3.8) is 0 Å². The lowest BCUT2D eigenvalue weighted by Gasteiger charge is -2.17. The van der Waals surface area contributed by atoms with Crippen molar-refractivity contribution in [3.8, 4) is 0 Å². The third kappa shape index (κ3) is 12.4. The number of hydrogen-bond acceptors (Lipinski definition) is 3. The molecule has 2 unspecified atom stereocenters. The lowest BCUT2D eigenvalue weighted by atomic mass is 10.0. The van der Waals surface area contributed by atoms with Crippen LogP contribution in [0, 0.1) is 5.92 Å². The summed E-state index contributed by atoms with van der Waals surface area (Å²) in [6, 6.07) is 0. The molecule has 116 valence electrons. The molecule has 3 nitrogen and oxygen atoms in total. The van der Waals surface area contributed by atoms with Crippen LogP contribution in [0.15, 0.2) is 0 Å². The highest BCUT2D eigenvalue weighted by Crippen LogP contribution is 2.13. The molecule has 0 fully saturated rings. The van der Waals surface area contributed by atoms with Gasteiger partial charge in [-0.25, -0.2) is 0 Å². The van der Waals surface area contributed by atoms with Crippen LogP contribution >= 0.6 is 0 Å². The topological polar surface area (TPSA) is 41.5 Å². The zero-order valence-electron chi connectivity index (χ0n) is 11.8. The van der Waals surface area contributed by atoms with Crippen LogP contribution in [0.5, 0.6) is 0 Å². The predicted octanol–water partition coefficient (Wildman–Crippen LogP) is 2.73. The fourth-order valence-electron chi connectivity index (χ4n) is 1.71. The quantitative estimate of drug-likeness (QED) is 0.613. The van der Waals surface area contributed by atoms with Gasteiger partial charge in [0.15, 0.2) is 0 Å². The van der Waals surface area contributed by atoms with Gasteiger partial charge in [0.2, 0.25) is 0 Å². The van der Waals surface area contributed by atoms with Crippen LogP contribution in [-0.2, 0) is 4.74 Å². The van der Waals surface area contributed by atoms with Crippen molar-refractivity contribution in [1.29, 1.82) is 0 Å². The summed E-state index contributed by atoms with van der Waals surface area (Å²) in [5.41, 5.74) is 0. The van der Waals surface area contributed by atoms with Crippen LogP contribution in [0.1, 0.15) is 39.5 Å². The Bertz CT molecular complexity index is 213. The molecule has 2 atom stereocenters. The molecule has 0 radical (unpaired) electrons. The first-order chi connectivity index (χ1) is 8.89. The Labute approximate surface area is 113 Å². The van der Waals surface area contributed by atoms with E-state index in [1.807, 2.05) is 0 Å². The number of ether oxygens (including phenoxy) is 1. The molecule has 0 aromatic heterocycles. The Morgan fingerprint density at radius 3 is 2.42 bits per heavy atom. The molecular weight excluding hydrogens is 259 g/mol. The molecule has 0 spiro atoms. The van der Waals surface area contributed by atoms with E-state index >= 15 is 0 Å². The number of rotatable bonds is 11. The summed E-state index contributed by atoms with van der Waals surface area (Å²) in [6.07, 6.45) is -0.741. The van der Waals surface area contributed by atoms with Gasteiger partial charge in [-0.2, -0.15) is 13.2 Å². The van der Waals surface area contributed by atoms with Gasteiger partial charge in [-0.15, -0.1) is 0 Å². The molecule has 2 N–H and O–H groups in total. The predicted molar refractivity (Wildman–Crippen MR) is 69.1 cm³/mol. The first kappa shape index (κ1) is 18.7. The van der Waals surface area contributed by atoms with E-state index in [-0.39, 0.29) is 13.2 Å². The number of hydrogen-bond donors (Lipinski definition) is 2. The van der Waals surface area contributed by atoms with Gasteiger partial charge < -0.3 is 15.2 Å². The van der Waals surface area contributed by atoms with Crippen molar-refractivity contribution >= 4 is 0 Å². The van der Waals surface area contributed by atoms with Gasteiger partial charge in [-0.1, -0.05) is 33.1 Å². The Morgan fingerprint density at radius 1 is 1.21 bits per heavy atom. The van der Waals surface area contributed by atoms with Crippen molar-refractivity contribution < 1.29 is 23.0 Å². The van der Waals surface area contributed by atoms with Crippen molar-refractivity contribution in [3.05, 3.63) is 0 Å². The van der Waals surface area contributed by atoms with Crippen LogP contribution in [0.25, 0.3) is 0 Å². The van der Waals surface area contributed by atoms with E-state index < -0.39 is 18.8 Å². The maximum Gasteiger partial charge on any atom is 0.401 e. The minimum atomic E-state index is -4.24. The highest BCUT2D eigenvalue weighted by molar-refractivity contribution is 4.63. The molecule has 0 aromatic rings. The fraction of sp³-hybridized carbons (Fsp3) is 1.00. The van der Waals surface area contributed by atoms with Crippen molar-refractivity contribution in [2.45, 2.75) is 51.8 Å². The van der Waals surface area contributed by atoms with Gasteiger partial charge in [-0.05, 0) is 12.3 Å². The average molecular weight is 285 g/mol. The van der Waals surface area contributed by atoms with E-state index in [2.05, 4.69) is 19.2 Å². The van der Waals surface area contributed by atoms with E-state index in [1.165, 1.54) is 0 Å². The lowest BCUT2D eigenvalue weighted by Crippen LogP contribution is -2.36. The minimum absolute atomic E-state index is 0.0769. The molecular formula is C13H26F3NO2. The summed E-state index contributed by atoms with van der Waals surface area (Å²) >= 11 is 0. The first-order valence-corrected chi connectivity index (χ1v) is 6.92. The molecule has 19 heavy (non-hydrogen) atoms. The van der Waals surface area contributed by atoms with Gasteiger partial charge in [0.1, 0.15) is 0 Å². The summed E-state index contributed by atoms with van der Waals surface area (Å²) in [5.74, 6) is 0.468. The standard InChI is InChI=1S/C13H26F3NO2/c1-3-5-6-11(4-2)8-19-9-12(18)7-17-10-13(14,15)16/h11-12,17-18H,3-10H2,1-2H3. The van der Waals surface area contributed by atoms with E-state index in [0.717, 1.165) is 25.7 Å². The van der Waals surface area contributed by atoms with E-state index in [9.17, 15) is 18.3 Å². The molecule has 0 heterocycles. The molecule has 0 amide bonds. The largest absolute Gasteiger partial charge is 0.401 e. The minimum Gasteiger partial charge on any atom is -0.389 e. The SMILES string of the molecule is CCCCC(CC)COCC(O)CNCC(F)(F)F. The maximum absolute atomic E-state index is 11.9. The Kier molecular flexibility index (Phi) is 10.3. The summed E-state index contributed by atoms with van der Waals surface area (Å²) in [4.78, 5) is 0. The molecule has 0 saturated carbocycles. The lowest BCUT2D eigenvalue weighted by molar-refractivity contribution is -0.125. The molecule has 0 aliphatic rings. The second-order valence-corrected chi connectivity index (χ2v) is 4.85. The number of nitrogens with one attached hydrogen (secondary N) is 1. The third-order valence-corrected chi connectivity index (χ3v) is 2.91. The molecule has 6 heteroatoms. The molecule has 0 aliphatic carbocycles.